The Hall–Kier alpha value is -1.12. The Morgan fingerprint density at radius 1 is 1.38 bits per heavy atom. The zero-order chi connectivity index (χ0) is 12.3. The maximum atomic E-state index is 11.9. The fraction of sp³-hybridized carbons (Fsp3) is 0.111. The Bertz CT molecular complexity index is 431. The highest BCUT2D eigenvalue weighted by atomic mass is 127. The summed E-state index contributed by atoms with van der Waals surface area (Å²) in [7, 11) is 0. The number of rotatable bonds is 2. The smallest absolute Gasteiger partial charge is 0.317 e. The molecule has 16 heavy (non-hydrogen) atoms. The highest BCUT2D eigenvalue weighted by Crippen LogP contribution is 2.22. The summed E-state index contributed by atoms with van der Waals surface area (Å²) in [6.07, 6.45) is -4.36. The lowest BCUT2D eigenvalue weighted by molar-refractivity contribution is -0.167. The lowest BCUT2D eigenvalue weighted by atomic mass is 10.2. The number of alkyl halides is 3. The van der Waals surface area contributed by atoms with Crippen molar-refractivity contribution >= 4 is 40.5 Å². The molecule has 0 saturated heterocycles. The summed E-state index contributed by atoms with van der Waals surface area (Å²) in [6.45, 7) is 0. The second-order valence-corrected chi connectivity index (χ2v) is 3.97. The summed E-state index contributed by atoms with van der Waals surface area (Å²) in [5, 5.41) is 1.71. The van der Waals surface area contributed by atoms with Gasteiger partial charge in [0.2, 0.25) is 0 Å². The van der Waals surface area contributed by atoms with E-state index in [9.17, 15) is 22.8 Å². The average molecular weight is 343 g/mol. The van der Waals surface area contributed by atoms with Crippen LogP contribution in [0.3, 0.4) is 0 Å². The Kier molecular flexibility index (Phi) is 3.89. The Morgan fingerprint density at radius 2 is 2.00 bits per heavy atom. The summed E-state index contributed by atoms with van der Waals surface area (Å²) in [5.41, 5.74) is 0.350. The monoisotopic (exact) mass is 343 g/mol. The van der Waals surface area contributed by atoms with Gasteiger partial charge in [-0.05, 0) is 40.8 Å². The van der Waals surface area contributed by atoms with Gasteiger partial charge in [0.25, 0.3) is 0 Å². The predicted molar refractivity (Wildman–Crippen MR) is 59.2 cm³/mol. The summed E-state index contributed by atoms with van der Waals surface area (Å²) < 4.78 is 36.2. The molecule has 0 unspecified atom stereocenters. The first-order chi connectivity index (χ1) is 7.34. The fourth-order valence-corrected chi connectivity index (χ4v) is 1.57. The van der Waals surface area contributed by atoms with Crippen molar-refractivity contribution in [2.45, 2.75) is 6.18 Å². The number of hydrogen-bond acceptors (Lipinski definition) is 2. The van der Waals surface area contributed by atoms with E-state index >= 15 is 0 Å². The second-order valence-electron chi connectivity index (χ2n) is 2.81. The Balaban J connectivity index is 2.91. The topological polar surface area (TPSA) is 46.2 Å². The van der Waals surface area contributed by atoms with Crippen molar-refractivity contribution in [1.29, 1.82) is 0 Å². The number of aldehydes is 1. The number of anilines is 1. The maximum Gasteiger partial charge on any atom is 0.471 e. The fourth-order valence-electron chi connectivity index (χ4n) is 0.899. The molecule has 1 rings (SSSR count). The lowest BCUT2D eigenvalue weighted by Crippen LogP contribution is -2.30. The van der Waals surface area contributed by atoms with Gasteiger partial charge in [-0.2, -0.15) is 13.2 Å². The van der Waals surface area contributed by atoms with Crippen LogP contribution in [0.5, 0.6) is 0 Å². The van der Waals surface area contributed by atoms with Gasteiger partial charge >= 0.3 is 12.1 Å². The molecule has 0 fully saturated rings. The number of carbonyl (C=O) groups excluding carboxylic acids is 2. The van der Waals surface area contributed by atoms with Gasteiger partial charge in [0.1, 0.15) is 6.29 Å². The van der Waals surface area contributed by atoms with Crippen LogP contribution < -0.4 is 5.32 Å². The van der Waals surface area contributed by atoms with Crippen molar-refractivity contribution in [1.82, 2.24) is 0 Å². The zero-order valence-electron chi connectivity index (χ0n) is 7.64. The molecule has 1 aromatic carbocycles. The number of hydrogen-bond donors (Lipinski definition) is 1. The van der Waals surface area contributed by atoms with Gasteiger partial charge < -0.3 is 5.32 Å². The van der Waals surface area contributed by atoms with Crippen molar-refractivity contribution < 1.29 is 22.8 Å². The van der Waals surface area contributed by atoms with E-state index < -0.39 is 12.1 Å². The standard InChI is InChI=1S/C9H5F3INO2/c10-9(11,12)8(16)14-7-2-1-5(4-15)3-6(7)13/h1-4H,(H,14,16). The molecule has 0 atom stereocenters. The normalized spacial score (nSPS) is 11.0. The number of benzene rings is 1. The zero-order valence-corrected chi connectivity index (χ0v) is 9.80. The first-order valence-electron chi connectivity index (χ1n) is 3.97. The van der Waals surface area contributed by atoms with Gasteiger partial charge in [-0.25, -0.2) is 0 Å². The van der Waals surface area contributed by atoms with Crippen molar-refractivity contribution in [2.75, 3.05) is 5.32 Å². The first kappa shape index (κ1) is 12.9. The van der Waals surface area contributed by atoms with Gasteiger partial charge in [0.15, 0.2) is 0 Å². The molecule has 0 bridgehead atoms. The molecular weight excluding hydrogens is 338 g/mol. The van der Waals surface area contributed by atoms with Crippen LogP contribution in [0.25, 0.3) is 0 Å². The van der Waals surface area contributed by atoms with Crippen LogP contribution in [-0.4, -0.2) is 18.4 Å². The summed E-state index contributed by atoms with van der Waals surface area (Å²) in [6, 6.07) is 3.94. The van der Waals surface area contributed by atoms with E-state index in [1.807, 2.05) is 0 Å². The highest BCUT2D eigenvalue weighted by Gasteiger charge is 2.38. The predicted octanol–water partition coefficient (Wildman–Crippen LogP) is 2.60. The van der Waals surface area contributed by atoms with Crippen LogP contribution in [0.4, 0.5) is 18.9 Å². The van der Waals surface area contributed by atoms with Crippen LogP contribution >= 0.6 is 22.6 Å². The van der Waals surface area contributed by atoms with Crippen molar-refractivity contribution in [2.24, 2.45) is 0 Å². The third kappa shape index (κ3) is 3.19. The number of amides is 1. The molecule has 7 heteroatoms. The van der Waals surface area contributed by atoms with Gasteiger partial charge in [-0.1, -0.05) is 0 Å². The molecule has 0 radical (unpaired) electrons. The molecule has 1 N–H and O–H groups in total. The Morgan fingerprint density at radius 3 is 2.44 bits per heavy atom. The summed E-state index contributed by atoms with van der Waals surface area (Å²) >= 11 is 1.73. The Labute approximate surface area is 102 Å². The molecule has 1 aromatic rings. The third-order valence-corrected chi connectivity index (χ3v) is 2.53. The SMILES string of the molecule is O=Cc1ccc(NC(=O)C(F)(F)F)c(I)c1. The number of nitrogens with one attached hydrogen (secondary N) is 1. The van der Waals surface area contributed by atoms with E-state index in [0.717, 1.165) is 0 Å². The van der Waals surface area contributed by atoms with E-state index in [4.69, 9.17) is 0 Å². The van der Waals surface area contributed by atoms with E-state index in [-0.39, 0.29) is 5.69 Å². The van der Waals surface area contributed by atoms with E-state index in [2.05, 4.69) is 0 Å². The molecule has 0 spiro atoms. The molecule has 0 saturated carbocycles. The molecule has 0 aliphatic carbocycles. The minimum Gasteiger partial charge on any atom is -0.317 e. The van der Waals surface area contributed by atoms with E-state index in [1.165, 1.54) is 18.2 Å². The minimum absolute atomic E-state index is 0.0218. The molecule has 1 amide bonds. The van der Waals surface area contributed by atoms with Crippen LogP contribution in [0.15, 0.2) is 18.2 Å². The third-order valence-electron chi connectivity index (χ3n) is 1.63. The molecular formula is C9H5F3INO2. The van der Waals surface area contributed by atoms with Gasteiger partial charge in [0.05, 0.1) is 5.69 Å². The lowest BCUT2D eigenvalue weighted by Gasteiger charge is -2.09. The number of halogens is 4. The maximum absolute atomic E-state index is 11.9. The van der Waals surface area contributed by atoms with E-state index in [0.29, 0.717) is 15.4 Å². The quantitative estimate of drug-likeness (QED) is 0.663. The van der Waals surface area contributed by atoms with Crippen molar-refractivity contribution in [3.05, 3.63) is 27.3 Å². The van der Waals surface area contributed by atoms with Gasteiger partial charge in [-0.15, -0.1) is 0 Å². The molecule has 3 nitrogen and oxygen atoms in total. The van der Waals surface area contributed by atoms with Crippen LogP contribution in [0.2, 0.25) is 0 Å². The van der Waals surface area contributed by atoms with Crippen molar-refractivity contribution in [3.63, 3.8) is 0 Å². The molecule has 0 heterocycles. The highest BCUT2D eigenvalue weighted by molar-refractivity contribution is 14.1. The molecule has 0 aliphatic heterocycles. The van der Waals surface area contributed by atoms with Crippen LogP contribution in [-0.2, 0) is 4.79 Å². The van der Waals surface area contributed by atoms with E-state index in [1.54, 1.807) is 27.9 Å². The molecule has 0 aromatic heterocycles. The molecule has 0 aliphatic rings. The summed E-state index contributed by atoms with van der Waals surface area (Å²) in [5.74, 6) is -2.04. The molecule has 86 valence electrons. The first-order valence-corrected chi connectivity index (χ1v) is 5.05. The van der Waals surface area contributed by atoms with Crippen molar-refractivity contribution in [3.8, 4) is 0 Å². The average Bonchev–Trinajstić information content (AvgIpc) is 2.19. The van der Waals surface area contributed by atoms with Gasteiger partial charge in [0, 0.05) is 9.13 Å². The summed E-state index contributed by atoms with van der Waals surface area (Å²) in [4.78, 5) is 21.0. The minimum atomic E-state index is -4.92. The van der Waals surface area contributed by atoms with Crippen LogP contribution in [0, 0.1) is 3.57 Å². The van der Waals surface area contributed by atoms with Gasteiger partial charge in [-0.3, -0.25) is 9.59 Å². The largest absolute Gasteiger partial charge is 0.471 e. The number of carbonyl (C=O) groups is 2. The second kappa shape index (κ2) is 4.81. The van der Waals surface area contributed by atoms with Crippen LogP contribution in [0.1, 0.15) is 10.4 Å².